The van der Waals surface area contributed by atoms with Gasteiger partial charge < -0.3 is 79.4 Å². The molecule has 39 nitrogen and oxygen atoms in total. The van der Waals surface area contributed by atoms with Crippen LogP contribution in [0.5, 0.6) is 0 Å². The van der Waals surface area contributed by atoms with E-state index in [1.54, 1.807) is 53.4 Å². The Morgan fingerprint density at radius 1 is 0.310 bits per heavy atom. The summed E-state index contributed by atoms with van der Waals surface area (Å²) in [5.41, 5.74) is 6.66. The normalized spacial score (nSPS) is 12.9. The number of ether oxygens (including phenoxy) is 4. The molecule has 8 aromatic rings. The Morgan fingerprint density at radius 3 is 0.760 bits per heavy atom. The van der Waals surface area contributed by atoms with E-state index in [0.717, 1.165) is 22.7 Å². The summed E-state index contributed by atoms with van der Waals surface area (Å²) in [5.74, 6) is 0. The summed E-state index contributed by atoms with van der Waals surface area (Å²) in [6.07, 6.45) is -3.96. The quantitative estimate of drug-likeness (QED) is 0.00759. The zero-order valence-corrected chi connectivity index (χ0v) is 75.1. The van der Waals surface area contributed by atoms with E-state index in [2.05, 4.69) is 60.5 Å². The number of likely N-dealkylation sites (N-methyl/N-ethyl adjacent to an activating group) is 4. The van der Waals surface area contributed by atoms with Crippen molar-refractivity contribution in [2.75, 3.05) is 204 Å². The van der Waals surface area contributed by atoms with Crippen LogP contribution in [-0.2, 0) is 18.9 Å². The molecule has 0 aliphatic heterocycles. The average Bonchev–Trinajstić information content (AvgIpc) is 0.856. The van der Waals surface area contributed by atoms with Crippen molar-refractivity contribution >= 4 is 137 Å². The van der Waals surface area contributed by atoms with Crippen LogP contribution in [0.4, 0.5) is 91.0 Å². The number of anilines is 4. The molecule has 8 aromatic carbocycles. The van der Waals surface area contributed by atoms with Crippen LogP contribution in [0.1, 0.15) is 34.1 Å². The Morgan fingerprint density at radius 2 is 0.543 bits per heavy atom. The minimum absolute atomic E-state index is 0.00518. The molecular weight excluding hydrogens is 1760 g/mol. The van der Waals surface area contributed by atoms with Crippen molar-refractivity contribution in [2.45, 2.75) is 64.6 Å². The number of nitro groups is 4. The predicted molar refractivity (Wildman–Crippen MR) is 495 cm³/mol. The third-order valence-corrected chi connectivity index (χ3v) is 20.9. The SMILES string of the molecule is CCN(CCOCC(O)CN(CC(O)CO)CC(O)COCCN(CC)c1ccc(N=Nc2ccc([N+](=O)[O-])cc2Cl)cc1)c1ccc(N=Nc2ccc([N+](=O)[O-])cc2Cl)cc1.CCN(CCOCC(O)CN(CCCN(CCO)CCO)CC(O)COCCN(CC)c1ccc(N=Nc2ccc([N+](=O)[O-])cc2Cl)cc1)c1ccc(N=Nc2ccc([N+](=O)[O-])cc2Cl)cc1. The fraction of sp³-hybridized carbons (Fsp3) is 0.442. The molecule has 5 unspecified atom stereocenters. The zero-order chi connectivity index (χ0) is 93.6. The van der Waals surface area contributed by atoms with Gasteiger partial charge >= 0.3 is 0 Å². The first-order chi connectivity index (χ1) is 62.1. The fourth-order valence-corrected chi connectivity index (χ4v) is 13.8. The molecule has 0 spiro atoms. The maximum absolute atomic E-state index is 11.0. The number of halogens is 4. The Hall–Kier alpha value is -10.5. The number of aliphatic hydroxyl groups is 8. The summed E-state index contributed by atoms with van der Waals surface area (Å²) in [5, 5.41) is 160. The molecule has 5 atom stereocenters. The van der Waals surface area contributed by atoms with Gasteiger partial charge in [0.05, 0.1) is 166 Å². The molecule has 0 fully saturated rings. The van der Waals surface area contributed by atoms with E-state index in [0.29, 0.717) is 157 Å². The smallest absolute Gasteiger partial charge is 0.271 e. The fourth-order valence-electron chi connectivity index (χ4n) is 13.0. The Bertz CT molecular complexity index is 4570. The van der Waals surface area contributed by atoms with Gasteiger partial charge in [-0.25, -0.2) is 0 Å². The van der Waals surface area contributed by atoms with Gasteiger partial charge in [-0.05, 0) is 169 Å². The van der Waals surface area contributed by atoms with E-state index >= 15 is 0 Å². The van der Waals surface area contributed by atoms with Gasteiger partial charge in [0, 0.05) is 169 Å². The Kier molecular flexibility index (Phi) is 47.1. The number of nitrogens with zero attached hydrogens (tertiary/aromatic N) is 19. The highest BCUT2D eigenvalue weighted by atomic mass is 35.5. The number of hydrogen-bond acceptors (Lipinski definition) is 35. The number of rotatable bonds is 59. The molecule has 0 saturated carbocycles. The largest absolute Gasteiger partial charge is 0.395 e. The monoisotopic (exact) mass is 1870 g/mol. The lowest BCUT2D eigenvalue weighted by Gasteiger charge is -2.29. The molecular formula is C86H111Cl4N19O20. The number of azo groups is 4. The second-order valence-electron chi connectivity index (χ2n) is 29.1. The number of nitro benzene ring substituents is 4. The van der Waals surface area contributed by atoms with Gasteiger partial charge in [-0.2, -0.15) is 20.5 Å². The van der Waals surface area contributed by atoms with E-state index in [1.807, 2.05) is 86.0 Å². The summed E-state index contributed by atoms with van der Waals surface area (Å²) in [7, 11) is 0. The van der Waals surface area contributed by atoms with Crippen LogP contribution in [0, 0.1) is 40.5 Å². The van der Waals surface area contributed by atoms with Crippen molar-refractivity contribution in [3.63, 3.8) is 0 Å². The molecule has 0 amide bonds. The standard InChI is InChI=1S/C45H60Cl2N10O10.C41H51Cl2N9O10/c1-3-54(36-10-6-34(7-11-36)48-50-44-16-14-38(56(62)63)28-42(44)46)22-26-66-32-40(60)30-53(19-5-18-52(20-24-58)21-25-59)31-41(61)33-67-27-23-55(4-2)37-12-8-35(9-13-37)49-51-45-17-15-39(57(64)65)29-43(45)47;1-3-49(31-9-5-29(6-10-31)44-46-40-15-13-33(51(57)58)21-38(40)42)17-19-61-27-36(55)24-48(23-35(54)26-53)25-37(56)28-62-20-18-50(4-2)32-11-7-30(8-12-32)45-47-41-16-14-34(52(59)60)22-39(41)43/h6-17,28-29,40-41,58-61H,3-5,18-27,30-33H2,1-2H3;5-16,21-22,35-37,53-56H,3-4,17-20,23-28H2,1-2H3. The summed E-state index contributed by atoms with van der Waals surface area (Å²) >= 11 is 24.5. The van der Waals surface area contributed by atoms with E-state index < -0.39 is 56.8 Å². The molecule has 0 aliphatic carbocycles. The van der Waals surface area contributed by atoms with Gasteiger partial charge in [-0.3, -0.25) is 55.2 Å². The van der Waals surface area contributed by atoms with Gasteiger partial charge in [-0.1, -0.05) is 46.4 Å². The maximum atomic E-state index is 11.0. The summed E-state index contributed by atoms with van der Waals surface area (Å²) in [6, 6.07) is 45.3. The lowest BCUT2D eigenvalue weighted by atomic mass is 10.2. The third kappa shape index (κ3) is 37.9. The molecule has 0 radical (unpaired) electrons. The first-order valence-electron chi connectivity index (χ1n) is 41.7. The Balaban J connectivity index is 0.000000354. The van der Waals surface area contributed by atoms with Crippen LogP contribution < -0.4 is 19.6 Å². The van der Waals surface area contributed by atoms with Crippen LogP contribution in [0.15, 0.2) is 211 Å². The molecule has 8 rings (SSSR count). The van der Waals surface area contributed by atoms with Crippen LogP contribution >= 0.6 is 46.4 Å². The molecule has 0 heterocycles. The minimum atomic E-state index is -1.08. The molecule has 0 aromatic heterocycles. The lowest BCUT2D eigenvalue weighted by Crippen LogP contribution is -2.45. The molecule has 43 heteroatoms. The molecule has 0 saturated heterocycles. The molecule has 0 aliphatic rings. The topological polar surface area (TPSA) is 493 Å². The van der Waals surface area contributed by atoms with Gasteiger partial charge in [0.1, 0.15) is 22.7 Å². The predicted octanol–water partition coefficient (Wildman–Crippen LogP) is 15.1. The van der Waals surface area contributed by atoms with E-state index in [-0.39, 0.29) is 115 Å². The van der Waals surface area contributed by atoms with Crippen LogP contribution in [0.2, 0.25) is 20.1 Å². The first kappa shape index (κ1) is 106. The van der Waals surface area contributed by atoms with Crippen LogP contribution in [-0.4, -0.2) is 290 Å². The highest BCUT2D eigenvalue weighted by Gasteiger charge is 2.23. The van der Waals surface area contributed by atoms with Gasteiger partial charge in [0.25, 0.3) is 22.7 Å². The van der Waals surface area contributed by atoms with Gasteiger partial charge in [0.15, 0.2) is 0 Å². The third-order valence-electron chi connectivity index (χ3n) is 19.6. The summed E-state index contributed by atoms with van der Waals surface area (Å²) in [6.45, 7) is 16.6. The maximum Gasteiger partial charge on any atom is 0.271 e. The second-order valence-corrected chi connectivity index (χ2v) is 30.8. The van der Waals surface area contributed by atoms with Crippen molar-refractivity contribution in [1.82, 2.24) is 14.7 Å². The molecule has 129 heavy (non-hydrogen) atoms. The van der Waals surface area contributed by atoms with Gasteiger partial charge in [0.2, 0.25) is 0 Å². The zero-order valence-electron chi connectivity index (χ0n) is 72.0. The number of benzene rings is 8. The summed E-state index contributed by atoms with van der Waals surface area (Å²) < 4.78 is 23.4. The van der Waals surface area contributed by atoms with E-state index in [9.17, 15) is 81.3 Å². The number of aliphatic hydroxyl groups excluding tert-OH is 8. The van der Waals surface area contributed by atoms with Crippen molar-refractivity contribution < 1.29 is 79.5 Å². The first-order valence-corrected chi connectivity index (χ1v) is 43.2. The summed E-state index contributed by atoms with van der Waals surface area (Å²) in [4.78, 5) is 55.7. The molecule has 698 valence electrons. The molecule has 8 N–H and O–H groups in total. The van der Waals surface area contributed by atoms with Crippen molar-refractivity contribution in [3.8, 4) is 0 Å². The Labute approximate surface area is 766 Å². The van der Waals surface area contributed by atoms with Crippen LogP contribution in [0.25, 0.3) is 0 Å². The van der Waals surface area contributed by atoms with E-state index in [1.165, 1.54) is 72.8 Å². The molecule has 0 bridgehead atoms. The number of non-ortho nitro benzene ring substituents is 4. The van der Waals surface area contributed by atoms with Crippen LogP contribution in [0.3, 0.4) is 0 Å². The lowest BCUT2D eigenvalue weighted by molar-refractivity contribution is -0.385. The van der Waals surface area contributed by atoms with E-state index in [4.69, 9.17) is 65.4 Å². The number of hydrogen-bond donors (Lipinski definition) is 8. The van der Waals surface area contributed by atoms with Crippen molar-refractivity contribution in [3.05, 3.63) is 230 Å². The average molecular weight is 1870 g/mol. The van der Waals surface area contributed by atoms with Gasteiger partial charge in [-0.15, -0.1) is 20.5 Å². The highest BCUT2D eigenvalue weighted by molar-refractivity contribution is 6.34. The second kappa shape index (κ2) is 57.5. The minimum Gasteiger partial charge on any atom is -0.395 e. The van der Waals surface area contributed by atoms with Crippen molar-refractivity contribution in [2.24, 2.45) is 40.9 Å². The van der Waals surface area contributed by atoms with Crippen molar-refractivity contribution in [1.29, 1.82) is 0 Å². The highest BCUT2D eigenvalue weighted by Crippen LogP contribution is 2.36.